The second kappa shape index (κ2) is 14.7. The van der Waals surface area contributed by atoms with Gasteiger partial charge in [-0.15, -0.1) is 21.5 Å². The van der Waals surface area contributed by atoms with Crippen LogP contribution in [0.4, 0.5) is 0 Å². The fourth-order valence-electron chi connectivity index (χ4n) is 8.64. The number of imide groups is 2. The van der Waals surface area contributed by atoms with Crippen LogP contribution < -0.4 is 10.1 Å². The molecular formula is C43H44ClN7O5S. The molecule has 1 saturated carbocycles. The highest BCUT2D eigenvalue weighted by Crippen LogP contribution is 2.52. The Morgan fingerprint density at radius 1 is 0.912 bits per heavy atom. The molecule has 12 nitrogen and oxygen atoms in total. The number of fused-ring (bicyclic) bond motifs is 4. The number of hydrogen-bond acceptors (Lipinski definition) is 10. The lowest BCUT2D eigenvalue weighted by molar-refractivity contribution is -0.141. The molecule has 4 aliphatic heterocycles. The summed E-state index contributed by atoms with van der Waals surface area (Å²) in [6.07, 6.45) is 11.9. The largest absolute Gasteiger partial charge is 0.493 e. The summed E-state index contributed by atoms with van der Waals surface area (Å²) in [5.41, 5.74) is 4.12. The molecule has 4 aromatic rings. The summed E-state index contributed by atoms with van der Waals surface area (Å²) >= 11 is 8.05. The lowest BCUT2D eigenvalue weighted by atomic mass is 9.90. The lowest BCUT2D eigenvalue weighted by Gasteiger charge is -2.38. The third-order valence-electron chi connectivity index (χ3n) is 12.2. The summed E-state index contributed by atoms with van der Waals surface area (Å²) < 4.78 is 8.26. The first-order valence-corrected chi connectivity index (χ1v) is 21.1. The molecule has 2 aromatic carbocycles. The van der Waals surface area contributed by atoms with Crippen molar-refractivity contribution in [2.75, 3.05) is 13.2 Å². The van der Waals surface area contributed by atoms with E-state index in [2.05, 4.69) is 46.0 Å². The van der Waals surface area contributed by atoms with E-state index in [1.807, 2.05) is 31.2 Å². The zero-order valence-corrected chi connectivity index (χ0v) is 33.8. The number of amides is 4. The number of aromatic nitrogens is 3. The number of halogens is 1. The molecule has 1 saturated heterocycles. The molecule has 1 N–H and O–H groups in total. The van der Waals surface area contributed by atoms with Gasteiger partial charge in [0.15, 0.2) is 5.82 Å². The topological polar surface area (TPSA) is 139 Å². The van der Waals surface area contributed by atoms with Gasteiger partial charge in [0.1, 0.15) is 28.7 Å². The number of carbonyl (C=O) groups is 4. The first kappa shape index (κ1) is 37.4. The minimum absolute atomic E-state index is 0.0646. The van der Waals surface area contributed by atoms with E-state index in [1.165, 1.54) is 10.4 Å². The van der Waals surface area contributed by atoms with Crippen LogP contribution in [0.2, 0.25) is 5.02 Å². The number of piperidine rings is 1. The predicted molar refractivity (Wildman–Crippen MR) is 216 cm³/mol. The Labute approximate surface area is 340 Å². The van der Waals surface area contributed by atoms with E-state index in [9.17, 15) is 19.2 Å². The van der Waals surface area contributed by atoms with Crippen LogP contribution in [0.1, 0.15) is 118 Å². The van der Waals surface area contributed by atoms with Crippen molar-refractivity contribution in [1.82, 2.24) is 29.9 Å². The van der Waals surface area contributed by atoms with Gasteiger partial charge in [-0.05, 0) is 95.0 Å². The maximum atomic E-state index is 13.6. The molecule has 57 heavy (non-hydrogen) atoms. The van der Waals surface area contributed by atoms with E-state index < -0.39 is 29.2 Å². The maximum absolute atomic E-state index is 13.6. The van der Waals surface area contributed by atoms with E-state index in [0.717, 1.165) is 83.5 Å². The minimum atomic E-state index is -0.999. The predicted octanol–water partition coefficient (Wildman–Crippen LogP) is 7.21. The fraction of sp³-hybridized carbons (Fsp3) is 0.419. The monoisotopic (exact) mass is 805 g/mol. The van der Waals surface area contributed by atoms with Crippen LogP contribution >= 0.6 is 22.9 Å². The van der Waals surface area contributed by atoms with Crippen LogP contribution in [-0.4, -0.2) is 79.1 Å². The van der Waals surface area contributed by atoms with Crippen LogP contribution in [0.15, 0.2) is 59.7 Å². The van der Waals surface area contributed by atoms with Gasteiger partial charge in [0.2, 0.25) is 11.8 Å². The molecule has 9 rings (SSSR count). The molecule has 0 bridgehead atoms. The molecule has 6 heterocycles. The molecule has 14 heteroatoms. The molecule has 5 aliphatic rings. The smallest absolute Gasteiger partial charge is 0.266 e. The number of nitrogens with one attached hydrogen (secondary N) is 1. The van der Waals surface area contributed by atoms with Gasteiger partial charge in [-0.2, -0.15) is 0 Å². The van der Waals surface area contributed by atoms with Crippen LogP contribution in [0.5, 0.6) is 5.75 Å². The average molecular weight is 806 g/mol. The van der Waals surface area contributed by atoms with E-state index >= 15 is 0 Å². The Balaban J connectivity index is 0.772. The fourth-order valence-corrected chi connectivity index (χ4v) is 9.98. The number of nitrogens with zero attached hydrogens (tertiary/aromatic N) is 6. The van der Waals surface area contributed by atoms with Crippen LogP contribution in [-0.2, 0) is 9.59 Å². The van der Waals surface area contributed by atoms with Crippen molar-refractivity contribution in [3.8, 4) is 10.8 Å². The number of aliphatic imine (C=N–C) groups is 1. The normalized spacial score (nSPS) is 21.5. The van der Waals surface area contributed by atoms with Gasteiger partial charge in [-0.3, -0.25) is 39.0 Å². The van der Waals surface area contributed by atoms with Crippen molar-refractivity contribution >= 4 is 52.3 Å². The van der Waals surface area contributed by atoms with Crippen molar-refractivity contribution < 1.29 is 23.9 Å². The number of carbonyl (C=O) groups excluding carboxylic acids is 4. The molecular weight excluding hydrogens is 762 g/mol. The number of hydrogen-bond donors (Lipinski definition) is 1. The quantitative estimate of drug-likeness (QED) is 0.111. The highest BCUT2D eigenvalue weighted by atomic mass is 35.5. The van der Waals surface area contributed by atoms with Crippen LogP contribution in [0, 0.1) is 26.2 Å². The molecule has 2 aromatic heterocycles. The Morgan fingerprint density at radius 3 is 2.40 bits per heavy atom. The van der Waals surface area contributed by atoms with Crippen molar-refractivity contribution in [3.63, 3.8) is 0 Å². The van der Waals surface area contributed by atoms with E-state index in [4.69, 9.17) is 26.4 Å². The summed E-state index contributed by atoms with van der Waals surface area (Å²) in [5, 5.41) is 13.4. The third kappa shape index (κ3) is 6.48. The van der Waals surface area contributed by atoms with Gasteiger partial charge in [0.25, 0.3) is 11.8 Å². The molecule has 294 valence electrons. The number of benzene rings is 2. The summed E-state index contributed by atoms with van der Waals surface area (Å²) in [6, 6.07) is 11.8. The van der Waals surface area contributed by atoms with Gasteiger partial charge in [-0.1, -0.05) is 55.5 Å². The number of thiophene rings is 1. The highest BCUT2D eigenvalue weighted by Gasteiger charge is 2.59. The molecule has 2 unspecified atom stereocenters. The Kier molecular flexibility index (Phi) is 9.63. The minimum Gasteiger partial charge on any atom is -0.493 e. The summed E-state index contributed by atoms with van der Waals surface area (Å²) in [4.78, 5) is 62.1. The summed E-state index contributed by atoms with van der Waals surface area (Å²) in [6.45, 7) is 7.66. The molecule has 3 atom stereocenters. The van der Waals surface area contributed by atoms with Gasteiger partial charge in [-0.25, -0.2) is 0 Å². The van der Waals surface area contributed by atoms with Crippen molar-refractivity contribution in [2.45, 2.75) is 96.7 Å². The maximum Gasteiger partial charge on any atom is 0.266 e. The van der Waals surface area contributed by atoms with Gasteiger partial charge >= 0.3 is 0 Å². The number of rotatable bonds is 13. The summed E-state index contributed by atoms with van der Waals surface area (Å²) in [5.74, 6) is 0.0981. The van der Waals surface area contributed by atoms with Crippen molar-refractivity contribution in [1.29, 1.82) is 0 Å². The second-order valence-electron chi connectivity index (χ2n) is 15.9. The summed E-state index contributed by atoms with van der Waals surface area (Å²) in [7, 11) is 0. The number of unbranched alkanes of at least 4 members (excludes halogenated alkanes) is 5. The van der Waals surface area contributed by atoms with Gasteiger partial charge in [0, 0.05) is 27.6 Å². The van der Waals surface area contributed by atoms with Gasteiger partial charge in [0.05, 0.1) is 34.9 Å². The van der Waals surface area contributed by atoms with Crippen molar-refractivity contribution in [3.05, 3.63) is 104 Å². The highest BCUT2D eigenvalue weighted by molar-refractivity contribution is 7.15. The molecule has 2 fully saturated rings. The zero-order chi connectivity index (χ0) is 39.6. The standard InChI is InChI=1S/C43H44ClN7O5S/c1-24-25(2)57-41-33(24)35(27-13-15-28(44)16-14-27)45-36(37-48-47-26(3)50(37)41)30-17-21-49(30)20-8-6-4-5-7-9-22-56-32-12-10-11-29-34(32)40(54)51(39(29)53)31-23-43(18-19-43)42(55)46-38(31)52/h10-17,21,30-31,36H,4-9,18-20,22-23H2,1-3H3,(H,46,52,55)/t30?,31?,36-/m0/s1. The lowest BCUT2D eigenvalue weighted by Crippen LogP contribution is -2.58. The SMILES string of the molecule is Cc1sc2c(c1C)C(c1ccc(Cl)cc1)=N[C@@H](C1C=CN1CCCCCCCCOc1cccc3c1C(=O)N(C1CC4(CC4)C(=O)NC1=O)C3=O)c1nnc(C)n1-2. The molecule has 1 spiro atoms. The van der Waals surface area contributed by atoms with Crippen LogP contribution in [0.25, 0.3) is 5.00 Å². The third-order valence-corrected chi connectivity index (χ3v) is 13.7. The van der Waals surface area contributed by atoms with E-state index in [-0.39, 0.29) is 35.5 Å². The first-order valence-electron chi connectivity index (χ1n) is 19.9. The molecule has 0 radical (unpaired) electrons. The first-order chi connectivity index (χ1) is 27.6. The molecule has 1 aliphatic carbocycles. The van der Waals surface area contributed by atoms with Crippen molar-refractivity contribution in [2.24, 2.45) is 10.4 Å². The zero-order valence-electron chi connectivity index (χ0n) is 32.2. The van der Waals surface area contributed by atoms with E-state index in [1.54, 1.807) is 29.5 Å². The Bertz CT molecular complexity index is 2380. The Morgan fingerprint density at radius 2 is 1.67 bits per heavy atom. The Hall–Kier alpha value is -5.14. The average Bonchev–Trinajstić information content (AvgIpc) is 3.73. The molecule has 4 amide bonds. The van der Waals surface area contributed by atoms with E-state index in [0.29, 0.717) is 30.2 Å². The number of ether oxygens (including phenoxy) is 1. The number of aryl methyl sites for hydroxylation is 2. The van der Waals surface area contributed by atoms with Gasteiger partial charge < -0.3 is 9.64 Å². The second-order valence-corrected chi connectivity index (χ2v) is 17.5. The van der Waals surface area contributed by atoms with Crippen LogP contribution in [0.3, 0.4) is 0 Å².